The Hall–Kier alpha value is -1.68. The van der Waals surface area contributed by atoms with Gasteiger partial charge in [0.05, 0.1) is 0 Å². The molecule has 0 radical (unpaired) electrons. The Morgan fingerprint density at radius 1 is 1.34 bits per heavy atom. The van der Waals surface area contributed by atoms with Crippen molar-refractivity contribution < 1.29 is 44.6 Å². The molecule has 1 aliphatic carbocycles. The van der Waals surface area contributed by atoms with Crippen molar-refractivity contribution in [3.63, 3.8) is 0 Å². The summed E-state index contributed by atoms with van der Waals surface area (Å²) in [6.07, 6.45) is -0.592. The van der Waals surface area contributed by atoms with Crippen molar-refractivity contribution in [1.29, 1.82) is 0 Å². The molecule has 1 N–H and O–H groups in total. The van der Waals surface area contributed by atoms with Crippen molar-refractivity contribution in [2.24, 2.45) is 5.41 Å². The molecule has 1 aromatic carbocycles. The molecular weight excluding hydrogens is 493 g/mol. The number of hydrogen-bond acceptors (Lipinski definition) is 4. The first kappa shape index (κ1) is 20.6. The van der Waals surface area contributed by atoms with Gasteiger partial charge in [-0.1, -0.05) is 0 Å². The molecule has 1 fully saturated rings. The fraction of sp³-hybridized carbons (Fsp3) is 0.476. The van der Waals surface area contributed by atoms with Crippen LogP contribution in [0.3, 0.4) is 0 Å². The number of aliphatic carboxylic acids is 1. The molecule has 1 saturated heterocycles. The van der Waals surface area contributed by atoms with Gasteiger partial charge in [0.2, 0.25) is 0 Å². The predicted molar refractivity (Wildman–Crippen MR) is 98.1 cm³/mol. The van der Waals surface area contributed by atoms with E-state index in [0.717, 1.165) is 14.4 Å². The van der Waals surface area contributed by atoms with Crippen molar-refractivity contribution >= 4 is 5.97 Å². The van der Waals surface area contributed by atoms with E-state index in [4.69, 9.17) is 4.74 Å². The van der Waals surface area contributed by atoms with Crippen LogP contribution in [0.4, 0.5) is 8.78 Å². The van der Waals surface area contributed by atoms with Crippen molar-refractivity contribution in [3.8, 4) is 11.3 Å². The molecule has 2 aliphatic rings. The average molecular weight is 515 g/mol. The van der Waals surface area contributed by atoms with Gasteiger partial charge in [-0.05, 0) is 0 Å². The monoisotopic (exact) mass is 515 g/mol. The van der Waals surface area contributed by atoms with Crippen LogP contribution < -0.4 is 21.2 Å². The van der Waals surface area contributed by atoms with E-state index in [1.165, 1.54) is 18.2 Å². The molecule has 0 unspecified atom stereocenters. The molecule has 5 nitrogen and oxygen atoms in total. The van der Waals surface area contributed by atoms with Gasteiger partial charge in [0.1, 0.15) is 0 Å². The van der Waals surface area contributed by atoms with Crippen LogP contribution in [-0.2, 0) is 15.1 Å². The van der Waals surface area contributed by atoms with Gasteiger partial charge >= 0.3 is 178 Å². The summed E-state index contributed by atoms with van der Waals surface area (Å²) < 4.78 is 36.6. The predicted octanol–water partition coefficient (Wildman–Crippen LogP) is 0.723. The topological polar surface area (TPSA) is 72.3 Å². The van der Waals surface area contributed by atoms with E-state index in [1.54, 1.807) is 13.0 Å². The summed E-state index contributed by atoms with van der Waals surface area (Å²) in [6, 6.07) is 5.43. The number of carbonyl (C=O) groups is 1. The Balaban J connectivity index is 1.87. The van der Waals surface area contributed by atoms with Crippen LogP contribution in [-0.4, -0.2) is 36.2 Å². The SMILES string of the molecule is CC[C@@H](O[C@]12C[I-]C[C@H](c3cc(-c4c(F)cccc4F)nnc31)C2(C)C)C(=O)O. The Morgan fingerprint density at radius 2 is 2.03 bits per heavy atom. The Kier molecular flexibility index (Phi) is 5.13. The number of hydrogen-bond donors (Lipinski definition) is 1. The van der Waals surface area contributed by atoms with Crippen molar-refractivity contribution in [3.05, 3.63) is 47.2 Å². The van der Waals surface area contributed by atoms with Crippen LogP contribution in [0.25, 0.3) is 11.3 Å². The molecule has 29 heavy (non-hydrogen) atoms. The molecule has 2 bridgehead atoms. The Labute approximate surface area is 178 Å². The number of carboxylic acids is 1. The molecule has 1 aliphatic heterocycles. The van der Waals surface area contributed by atoms with Crippen molar-refractivity contribution in [2.75, 3.05) is 8.86 Å². The first-order chi connectivity index (χ1) is 13.7. The minimum absolute atomic E-state index is 0.0921. The van der Waals surface area contributed by atoms with Crippen LogP contribution in [0.1, 0.15) is 44.4 Å². The fourth-order valence-corrected chi connectivity index (χ4v) is 9.22. The van der Waals surface area contributed by atoms with E-state index in [9.17, 15) is 18.7 Å². The molecular formula is C21H22F2IN2O3-. The average Bonchev–Trinajstić information content (AvgIpc) is 2.77. The molecule has 0 saturated carbocycles. The van der Waals surface area contributed by atoms with Crippen LogP contribution in [0.5, 0.6) is 0 Å². The molecule has 4 rings (SSSR count). The molecule has 1 aromatic heterocycles. The Morgan fingerprint density at radius 3 is 2.66 bits per heavy atom. The van der Waals surface area contributed by atoms with E-state index in [0.29, 0.717) is 12.1 Å². The third-order valence-corrected chi connectivity index (χ3v) is 9.37. The number of rotatable bonds is 5. The molecule has 8 heteroatoms. The number of halogens is 3. The number of alkyl halides is 2. The van der Waals surface area contributed by atoms with Crippen molar-refractivity contribution in [1.82, 2.24) is 10.2 Å². The summed E-state index contributed by atoms with van der Waals surface area (Å²) in [4.78, 5) is 11.7. The van der Waals surface area contributed by atoms with E-state index in [2.05, 4.69) is 24.0 Å². The van der Waals surface area contributed by atoms with Gasteiger partial charge in [-0.25, -0.2) is 0 Å². The third-order valence-electron chi connectivity index (χ3n) is 6.25. The van der Waals surface area contributed by atoms with E-state index in [1.807, 2.05) is 0 Å². The number of nitrogens with zero attached hydrogens (tertiary/aromatic N) is 2. The van der Waals surface area contributed by atoms with E-state index >= 15 is 0 Å². The maximum atomic E-state index is 14.3. The van der Waals surface area contributed by atoms with Gasteiger partial charge in [-0.15, -0.1) is 0 Å². The molecule has 156 valence electrons. The molecule has 2 aromatic rings. The number of carboxylic acid groups (broad SMARTS) is 1. The number of fused-ring (bicyclic) bond motifs is 5. The number of benzene rings is 1. The standard InChI is InChI=1S/C21H22F2IN2O3/c1-4-16(19(27)28)29-21-10-24-9-12(20(21,2)3)11-8-15(25-26-18(11)21)17-13(22)6-5-7-14(17)23/h5-8,12,16H,4,9-10H2,1-3H3,(H,27,28)/q-1/t12-,16-,21-/m1/s1. The van der Waals surface area contributed by atoms with Gasteiger partial charge in [0.15, 0.2) is 0 Å². The van der Waals surface area contributed by atoms with Gasteiger partial charge in [0.25, 0.3) is 0 Å². The summed E-state index contributed by atoms with van der Waals surface area (Å²) in [6.45, 7) is 5.92. The molecule has 0 amide bonds. The summed E-state index contributed by atoms with van der Waals surface area (Å²) in [7, 11) is 0. The first-order valence-corrected chi connectivity index (χ1v) is 12.5. The zero-order valence-electron chi connectivity index (χ0n) is 16.4. The van der Waals surface area contributed by atoms with Crippen LogP contribution in [0, 0.1) is 17.0 Å². The van der Waals surface area contributed by atoms with E-state index < -0.39 is 34.7 Å². The quantitative estimate of drug-likeness (QED) is 0.470. The van der Waals surface area contributed by atoms with Gasteiger partial charge < -0.3 is 0 Å². The fourth-order valence-electron chi connectivity index (χ4n) is 4.42. The van der Waals surface area contributed by atoms with E-state index in [-0.39, 0.29) is 38.4 Å². The molecule has 2 heterocycles. The van der Waals surface area contributed by atoms with Gasteiger partial charge in [-0.2, -0.15) is 0 Å². The maximum absolute atomic E-state index is 14.3. The zero-order valence-corrected chi connectivity index (χ0v) is 18.5. The number of ether oxygens (including phenoxy) is 1. The summed E-state index contributed by atoms with van der Waals surface area (Å²) >= 11 is -0.229. The van der Waals surface area contributed by atoms with Crippen LogP contribution in [0.15, 0.2) is 24.3 Å². The number of aromatic nitrogens is 2. The summed E-state index contributed by atoms with van der Waals surface area (Å²) in [5.41, 5.74) is 0.240. The second-order valence-electron chi connectivity index (χ2n) is 8.06. The van der Waals surface area contributed by atoms with Gasteiger partial charge in [0, 0.05) is 0 Å². The Bertz CT molecular complexity index is 964. The summed E-state index contributed by atoms with van der Waals surface area (Å²) in [5.74, 6) is -2.27. The van der Waals surface area contributed by atoms with Crippen LogP contribution >= 0.6 is 0 Å². The van der Waals surface area contributed by atoms with Crippen molar-refractivity contribution in [2.45, 2.75) is 44.8 Å². The van der Waals surface area contributed by atoms with Gasteiger partial charge in [-0.3, -0.25) is 0 Å². The minimum atomic E-state index is -0.996. The second-order valence-corrected chi connectivity index (χ2v) is 10.8. The first-order valence-electron chi connectivity index (χ1n) is 9.49. The zero-order chi connectivity index (χ0) is 21.0. The van der Waals surface area contributed by atoms with Crippen LogP contribution in [0.2, 0.25) is 0 Å². The normalized spacial score (nSPS) is 25.8. The third kappa shape index (κ3) is 2.98. The second kappa shape index (κ2) is 7.23. The summed E-state index contributed by atoms with van der Waals surface area (Å²) in [5, 5.41) is 18.1. The molecule has 3 atom stereocenters. The molecule has 0 spiro atoms.